The fourth-order valence-electron chi connectivity index (χ4n) is 0.997. The van der Waals surface area contributed by atoms with Crippen molar-refractivity contribution in [2.45, 2.75) is 6.92 Å². The number of carbonyl (C=O) groups is 1. The fraction of sp³-hybridized carbons (Fsp3) is 0.222. The first-order valence-electron chi connectivity index (χ1n) is 3.88. The fourth-order valence-corrected chi connectivity index (χ4v) is 2.00. The molecule has 0 atom stereocenters. The predicted octanol–water partition coefficient (Wildman–Crippen LogP) is 3.88. The Hall–Kier alpha value is -0.250. The minimum absolute atomic E-state index is 0.271. The quantitative estimate of drug-likeness (QED) is 0.792. The van der Waals surface area contributed by atoms with Gasteiger partial charge in [-0.15, -0.1) is 0 Å². The van der Waals surface area contributed by atoms with Crippen LogP contribution in [0.15, 0.2) is 16.6 Å². The highest BCUT2D eigenvalue weighted by molar-refractivity contribution is 9.10. The van der Waals surface area contributed by atoms with Gasteiger partial charge in [-0.1, -0.05) is 27.5 Å². The molecular formula is C9H7BrCl2O2. The second-order valence-corrected chi connectivity index (χ2v) is 4.14. The average Bonchev–Trinajstić information content (AvgIpc) is 2.09. The van der Waals surface area contributed by atoms with E-state index in [0.717, 1.165) is 0 Å². The third kappa shape index (κ3) is 2.62. The standard InChI is InChI=1S/C9H7BrCl2O2/c1-2-14-8-6(9(12)13)3-5(10)4-7(8)11/h3-4H,2H2,1H3. The molecule has 76 valence electrons. The van der Waals surface area contributed by atoms with Crippen LogP contribution in [-0.4, -0.2) is 11.8 Å². The van der Waals surface area contributed by atoms with Gasteiger partial charge in [0.1, 0.15) is 5.75 Å². The largest absolute Gasteiger partial charge is 0.491 e. The Bertz CT molecular complexity index is 366. The third-order valence-electron chi connectivity index (χ3n) is 1.51. The molecule has 14 heavy (non-hydrogen) atoms. The Balaban J connectivity index is 3.28. The summed E-state index contributed by atoms with van der Waals surface area (Å²) >= 11 is 14.5. The van der Waals surface area contributed by atoms with Crippen LogP contribution in [0, 0.1) is 0 Å². The van der Waals surface area contributed by atoms with Gasteiger partial charge in [0.25, 0.3) is 5.24 Å². The molecule has 0 saturated carbocycles. The first-order valence-corrected chi connectivity index (χ1v) is 5.42. The van der Waals surface area contributed by atoms with Crippen LogP contribution in [-0.2, 0) is 0 Å². The minimum Gasteiger partial charge on any atom is -0.491 e. The van der Waals surface area contributed by atoms with Gasteiger partial charge in [0.05, 0.1) is 17.2 Å². The SMILES string of the molecule is CCOc1c(Cl)cc(Br)cc1C(=O)Cl. The van der Waals surface area contributed by atoms with Gasteiger partial charge in [-0.2, -0.15) is 0 Å². The molecule has 1 aromatic carbocycles. The first-order chi connectivity index (χ1) is 6.56. The Morgan fingerprint density at radius 1 is 1.57 bits per heavy atom. The van der Waals surface area contributed by atoms with Crippen molar-refractivity contribution in [3.8, 4) is 5.75 Å². The van der Waals surface area contributed by atoms with Crippen molar-refractivity contribution in [2.75, 3.05) is 6.61 Å². The molecule has 0 N–H and O–H groups in total. The Labute approximate surface area is 100 Å². The molecule has 0 unspecified atom stereocenters. The molecular weight excluding hydrogens is 291 g/mol. The first kappa shape index (κ1) is 11.8. The molecule has 0 heterocycles. The van der Waals surface area contributed by atoms with E-state index in [4.69, 9.17) is 27.9 Å². The number of carbonyl (C=O) groups excluding carboxylic acids is 1. The zero-order valence-electron chi connectivity index (χ0n) is 7.31. The molecule has 0 fully saturated rings. The highest BCUT2D eigenvalue weighted by Crippen LogP contribution is 2.33. The summed E-state index contributed by atoms with van der Waals surface area (Å²) in [5.74, 6) is 0.331. The molecule has 0 radical (unpaired) electrons. The maximum absolute atomic E-state index is 11.1. The van der Waals surface area contributed by atoms with Crippen molar-refractivity contribution in [3.63, 3.8) is 0 Å². The number of halogens is 3. The van der Waals surface area contributed by atoms with Gasteiger partial charge in [-0.05, 0) is 30.7 Å². The molecule has 1 aromatic rings. The second-order valence-electron chi connectivity index (χ2n) is 2.47. The summed E-state index contributed by atoms with van der Waals surface area (Å²) in [6.45, 7) is 2.24. The lowest BCUT2D eigenvalue weighted by Gasteiger charge is -2.09. The summed E-state index contributed by atoms with van der Waals surface area (Å²) in [5, 5.41) is -0.220. The van der Waals surface area contributed by atoms with E-state index in [1.165, 1.54) is 0 Å². The number of benzene rings is 1. The van der Waals surface area contributed by atoms with Gasteiger partial charge >= 0.3 is 0 Å². The number of ether oxygens (including phenoxy) is 1. The van der Waals surface area contributed by atoms with Gasteiger partial charge in [0.15, 0.2) is 0 Å². The maximum Gasteiger partial charge on any atom is 0.256 e. The molecule has 0 aliphatic carbocycles. The van der Waals surface area contributed by atoms with E-state index in [2.05, 4.69) is 15.9 Å². The molecule has 0 saturated heterocycles. The van der Waals surface area contributed by atoms with Crippen LogP contribution in [0.1, 0.15) is 17.3 Å². The Morgan fingerprint density at radius 3 is 2.71 bits per heavy atom. The van der Waals surface area contributed by atoms with Crippen molar-refractivity contribution in [1.29, 1.82) is 0 Å². The molecule has 5 heteroatoms. The van der Waals surface area contributed by atoms with Crippen LogP contribution >= 0.6 is 39.1 Å². The summed E-state index contributed by atoms with van der Waals surface area (Å²) in [5.41, 5.74) is 0.271. The molecule has 0 aliphatic heterocycles. The van der Waals surface area contributed by atoms with Crippen LogP contribution in [0.3, 0.4) is 0 Å². The summed E-state index contributed by atoms with van der Waals surface area (Å²) in [6.07, 6.45) is 0. The smallest absolute Gasteiger partial charge is 0.256 e. The highest BCUT2D eigenvalue weighted by atomic mass is 79.9. The van der Waals surface area contributed by atoms with Crippen molar-refractivity contribution < 1.29 is 9.53 Å². The summed E-state index contributed by atoms with van der Waals surface area (Å²) in [4.78, 5) is 11.1. The van der Waals surface area contributed by atoms with Crippen molar-refractivity contribution in [3.05, 3.63) is 27.2 Å². The van der Waals surface area contributed by atoms with Crippen LogP contribution in [0.5, 0.6) is 5.75 Å². The lowest BCUT2D eigenvalue weighted by atomic mass is 10.2. The number of hydrogen-bond acceptors (Lipinski definition) is 2. The van der Waals surface area contributed by atoms with Gasteiger partial charge in [0, 0.05) is 4.47 Å². The molecule has 0 spiro atoms. The number of hydrogen-bond donors (Lipinski definition) is 0. The zero-order valence-corrected chi connectivity index (χ0v) is 10.4. The Morgan fingerprint density at radius 2 is 2.21 bits per heavy atom. The normalized spacial score (nSPS) is 10.0. The van der Waals surface area contributed by atoms with Crippen molar-refractivity contribution in [2.24, 2.45) is 0 Å². The van der Waals surface area contributed by atoms with E-state index in [9.17, 15) is 4.79 Å². The molecule has 0 amide bonds. The maximum atomic E-state index is 11.1. The van der Waals surface area contributed by atoms with Crippen LogP contribution in [0.2, 0.25) is 5.02 Å². The summed E-state index contributed by atoms with van der Waals surface area (Å²) in [7, 11) is 0. The van der Waals surface area contributed by atoms with Crippen LogP contribution < -0.4 is 4.74 Å². The molecule has 1 rings (SSSR count). The van der Waals surface area contributed by atoms with Gasteiger partial charge in [-0.25, -0.2) is 0 Å². The summed E-state index contributed by atoms with van der Waals surface area (Å²) in [6, 6.07) is 3.22. The monoisotopic (exact) mass is 296 g/mol. The van der Waals surface area contributed by atoms with Gasteiger partial charge in [0.2, 0.25) is 0 Å². The van der Waals surface area contributed by atoms with Gasteiger partial charge in [-0.3, -0.25) is 4.79 Å². The van der Waals surface area contributed by atoms with Gasteiger partial charge < -0.3 is 4.74 Å². The van der Waals surface area contributed by atoms with Crippen LogP contribution in [0.25, 0.3) is 0 Å². The van der Waals surface area contributed by atoms with Crippen molar-refractivity contribution in [1.82, 2.24) is 0 Å². The second kappa shape index (κ2) is 5.01. The minimum atomic E-state index is -0.586. The lowest BCUT2D eigenvalue weighted by molar-refractivity contribution is 0.107. The van der Waals surface area contributed by atoms with E-state index in [1.807, 2.05) is 0 Å². The zero-order chi connectivity index (χ0) is 10.7. The predicted molar refractivity (Wildman–Crippen MR) is 60.5 cm³/mol. The highest BCUT2D eigenvalue weighted by Gasteiger charge is 2.14. The molecule has 0 bridgehead atoms. The lowest BCUT2D eigenvalue weighted by Crippen LogP contribution is -2.00. The van der Waals surface area contributed by atoms with E-state index in [0.29, 0.717) is 21.9 Å². The average molecular weight is 298 g/mol. The van der Waals surface area contributed by atoms with Crippen molar-refractivity contribution >= 4 is 44.4 Å². The third-order valence-corrected chi connectivity index (χ3v) is 2.45. The van der Waals surface area contributed by atoms with Crippen LogP contribution in [0.4, 0.5) is 0 Å². The molecule has 0 aromatic heterocycles. The number of rotatable bonds is 3. The molecule has 0 aliphatic rings. The van der Waals surface area contributed by atoms with E-state index < -0.39 is 5.24 Å². The summed E-state index contributed by atoms with van der Waals surface area (Å²) < 4.78 is 5.92. The van der Waals surface area contributed by atoms with E-state index >= 15 is 0 Å². The topological polar surface area (TPSA) is 26.3 Å². The van der Waals surface area contributed by atoms with E-state index in [1.54, 1.807) is 19.1 Å². The van der Waals surface area contributed by atoms with E-state index in [-0.39, 0.29) is 5.56 Å². The molecule has 2 nitrogen and oxygen atoms in total. The Kier molecular flexibility index (Phi) is 4.23.